The third-order valence-corrected chi connectivity index (χ3v) is 5.17. The van der Waals surface area contributed by atoms with Gasteiger partial charge in [0.25, 0.3) is 0 Å². The molecule has 0 N–H and O–H groups in total. The van der Waals surface area contributed by atoms with Gasteiger partial charge < -0.3 is 4.74 Å². The van der Waals surface area contributed by atoms with E-state index in [2.05, 4.69) is 67.9 Å². The third kappa shape index (κ3) is 7.42. The number of hydrogen-bond donors (Lipinski definition) is 0. The van der Waals surface area contributed by atoms with Crippen LogP contribution in [0.3, 0.4) is 0 Å². The molecule has 0 unspecified atom stereocenters. The molecule has 2 atom stereocenters. The molecule has 3 nitrogen and oxygen atoms in total. The number of hydrazone groups is 1. The van der Waals surface area contributed by atoms with Gasteiger partial charge in [0, 0.05) is 25.5 Å². The van der Waals surface area contributed by atoms with Gasteiger partial charge in [0.05, 0.1) is 18.4 Å². The van der Waals surface area contributed by atoms with E-state index in [4.69, 9.17) is 9.84 Å². The van der Waals surface area contributed by atoms with E-state index in [0.29, 0.717) is 6.04 Å². The van der Waals surface area contributed by atoms with Crippen LogP contribution in [0.15, 0.2) is 35.4 Å². The van der Waals surface area contributed by atoms with Gasteiger partial charge in [-0.2, -0.15) is 5.10 Å². The van der Waals surface area contributed by atoms with Crippen LogP contribution in [0.1, 0.15) is 31.2 Å². The standard InChI is InChI=1S/C20H25N2O.C5H5.Fe/c1-16(17-9-4-3-5-10-17)20(18-11-6-7-12-18)21-22-14-8-13-19(22)15-23-2;1-2-4-5-3-1;/h3-7,9-12,16,19H,8,13-15H2,1-2H3;1-5H;/q;;+2/b21-20+;;/t16-,19+;;/m1../s1. The molecule has 1 heterocycles. The summed E-state index contributed by atoms with van der Waals surface area (Å²) in [5, 5.41) is 7.29. The van der Waals surface area contributed by atoms with Crippen LogP contribution >= 0.6 is 0 Å². The normalized spacial score (nSPS) is 23.4. The van der Waals surface area contributed by atoms with Crippen molar-refractivity contribution in [2.24, 2.45) is 5.10 Å². The summed E-state index contributed by atoms with van der Waals surface area (Å²) in [6, 6.07) is 11.0. The Morgan fingerprint density at radius 3 is 2.24 bits per heavy atom. The van der Waals surface area contributed by atoms with Crippen molar-refractivity contribution in [3.63, 3.8) is 0 Å². The van der Waals surface area contributed by atoms with E-state index >= 15 is 0 Å². The summed E-state index contributed by atoms with van der Waals surface area (Å²) >= 11 is 0. The molecule has 152 valence electrons. The molecule has 0 spiro atoms. The molecule has 1 saturated heterocycles. The van der Waals surface area contributed by atoms with Crippen LogP contribution in [0.2, 0.25) is 0 Å². The summed E-state index contributed by atoms with van der Waals surface area (Å²) in [4.78, 5) is 0. The molecule has 0 amide bonds. The second kappa shape index (κ2) is 13.5. The van der Waals surface area contributed by atoms with E-state index in [1.54, 1.807) is 7.11 Å². The molecule has 3 aliphatic rings. The van der Waals surface area contributed by atoms with Gasteiger partial charge in [-0.15, -0.1) is 0 Å². The Kier molecular flexibility index (Phi) is 11.3. The molecule has 10 radical (unpaired) electrons. The first kappa shape index (κ1) is 24.4. The molecule has 1 aromatic carbocycles. The van der Waals surface area contributed by atoms with Gasteiger partial charge in [0.2, 0.25) is 0 Å². The van der Waals surface area contributed by atoms with Crippen LogP contribution in [-0.2, 0) is 21.8 Å². The predicted molar refractivity (Wildman–Crippen MR) is 116 cm³/mol. The van der Waals surface area contributed by atoms with E-state index in [1.165, 1.54) is 17.9 Å². The van der Waals surface area contributed by atoms with Crippen molar-refractivity contribution in [1.82, 2.24) is 5.01 Å². The number of rotatable bonds is 6. The van der Waals surface area contributed by atoms with Gasteiger partial charge in [0.15, 0.2) is 0 Å². The average molecular weight is 430 g/mol. The van der Waals surface area contributed by atoms with Gasteiger partial charge in [-0.25, -0.2) is 0 Å². The number of hydrogen-bond acceptors (Lipinski definition) is 3. The topological polar surface area (TPSA) is 24.8 Å². The first-order valence-electron chi connectivity index (χ1n) is 10.1. The summed E-state index contributed by atoms with van der Waals surface area (Å²) in [6.45, 7) is 4.00. The van der Waals surface area contributed by atoms with Gasteiger partial charge >= 0.3 is 17.1 Å². The van der Waals surface area contributed by atoms with E-state index < -0.39 is 0 Å². The van der Waals surface area contributed by atoms with Crippen LogP contribution in [0.5, 0.6) is 0 Å². The fourth-order valence-corrected chi connectivity index (χ4v) is 3.61. The summed E-state index contributed by atoms with van der Waals surface area (Å²) in [5.41, 5.74) is 2.44. The first-order valence-corrected chi connectivity index (χ1v) is 10.1. The molecule has 1 aromatic rings. The van der Waals surface area contributed by atoms with Crippen molar-refractivity contribution in [1.29, 1.82) is 0 Å². The molecule has 1 aliphatic heterocycles. The van der Waals surface area contributed by atoms with E-state index in [1.807, 2.05) is 32.1 Å². The minimum atomic E-state index is 0. The van der Waals surface area contributed by atoms with Crippen molar-refractivity contribution in [3.8, 4) is 0 Å². The van der Waals surface area contributed by atoms with Crippen molar-refractivity contribution in [3.05, 3.63) is 99.6 Å². The van der Waals surface area contributed by atoms with Gasteiger partial charge in [-0.3, -0.25) is 5.01 Å². The van der Waals surface area contributed by atoms with E-state index in [9.17, 15) is 0 Å². The van der Waals surface area contributed by atoms with E-state index in [0.717, 1.165) is 25.3 Å². The van der Waals surface area contributed by atoms with Crippen LogP contribution in [0.4, 0.5) is 0 Å². The smallest absolute Gasteiger partial charge is 0.382 e. The molecule has 0 bridgehead atoms. The number of nitrogens with zero attached hydrogens (tertiary/aromatic N) is 2. The minimum absolute atomic E-state index is 0. The third-order valence-electron chi connectivity index (χ3n) is 5.17. The zero-order chi connectivity index (χ0) is 19.6. The van der Waals surface area contributed by atoms with Crippen molar-refractivity contribution < 1.29 is 21.8 Å². The quantitative estimate of drug-likeness (QED) is 0.484. The Balaban J connectivity index is 0.000000437. The van der Waals surface area contributed by atoms with Crippen molar-refractivity contribution in [2.75, 3.05) is 20.3 Å². The fraction of sp³-hybridized carbons (Fsp3) is 0.320. The Hall–Kier alpha value is -0.831. The molecule has 3 fully saturated rings. The molecular weight excluding hydrogens is 400 g/mol. The van der Waals surface area contributed by atoms with Crippen LogP contribution in [0.25, 0.3) is 0 Å². The molecule has 4 heteroatoms. The number of benzene rings is 1. The SMILES string of the molecule is COC[C@@H]1CCCN1/N=C(/[C]1[CH][CH][CH][CH]1)[C@H](C)c1ccccc1.[CH]1[CH][CH][CH][CH]1.[Fe+2]. The summed E-state index contributed by atoms with van der Waals surface area (Å²) in [7, 11) is 1.77. The monoisotopic (exact) mass is 430 g/mol. The maximum absolute atomic E-state index is 5.36. The second-order valence-electron chi connectivity index (χ2n) is 7.17. The number of ether oxygens (including phenoxy) is 1. The largest absolute Gasteiger partial charge is 2.00 e. The maximum atomic E-state index is 5.36. The maximum Gasteiger partial charge on any atom is 2.00 e. The Labute approximate surface area is 189 Å². The van der Waals surface area contributed by atoms with Crippen LogP contribution in [-0.4, -0.2) is 37.0 Å². The zero-order valence-corrected chi connectivity index (χ0v) is 18.3. The van der Waals surface area contributed by atoms with Crippen molar-refractivity contribution in [2.45, 2.75) is 31.7 Å². The predicted octanol–water partition coefficient (Wildman–Crippen LogP) is 4.68. The average Bonchev–Trinajstić information content (AvgIpc) is 3.51. The van der Waals surface area contributed by atoms with Gasteiger partial charge in [0.1, 0.15) is 0 Å². The summed E-state index contributed by atoms with van der Waals surface area (Å²) < 4.78 is 5.36. The molecule has 2 aliphatic carbocycles. The number of methoxy groups -OCH3 is 1. The van der Waals surface area contributed by atoms with E-state index in [-0.39, 0.29) is 23.0 Å². The Morgan fingerprint density at radius 2 is 1.66 bits per heavy atom. The summed E-state index contributed by atoms with van der Waals surface area (Å²) in [6.07, 6.45) is 20.8. The Morgan fingerprint density at radius 1 is 1.03 bits per heavy atom. The first-order chi connectivity index (χ1) is 13.8. The zero-order valence-electron chi connectivity index (χ0n) is 17.2. The molecule has 2 saturated carbocycles. The van der Waals surface area contributed by atoms with Crippen LogP contribution in [0, 0.1) is 63.7 Å². The molecule has 29 heavy (non-hydrogen) atoms. The summed E-state index contributed by atoms with van der Waals surface area (Å²) in [5.74, 6) is 1.48. The Bertz CT molecular complexity index is 574. The minimum Gasteiger partial charge on any atom is -0.382 e. The van der Waals surface area contributed by atoms with Crippen molar-refractivity contribution >= 4 is 5.71 Å². The molecule has 0 aromatic heterocycles. The van der Waals surface area contributed by atoms with Gasteiger partial charge in [-0.1, -0.05) is 37.3 Å². The fourth-order valence-electron chi connectivity index (χ4n) is 3.61. The van der Waals surface area contributed by atoms with Gasteiger partial charge in [-0.05, 0) is 76.2 Å². The van der Waals surface area contributed by atoms with Crippen LogP contribution < -0.4 is 0 Å². The second-order valence-corrected chi connectivity index (χ2v) is 7.17. The molecular formula is C25H30FeN2O+2. The molecule has 4 rings (SSSR count).